The van der Waals surface area contributed by atoms with Gasteiger partial charge >= 0.3 is 0 Å². The highest BCUT2D eigenvalue weighted by Gasteiger charge is 2.36. The Morgan fingerprint density at radius 3 is 2.46 bits per heavy atom. The molecule has 8 nitrogen and oxygen atoms in total. The zero-order valence-corrected chi connectivity index (χ0v) is 19.6. The van der Waals surface area contributed by atoms with Crippen molar-refractivity contribution in [3.63, 3.8) is 0 Å². The van der Waals surface area contributed by atoms with Crippen LogP contribution >= 0.6 is 0 Å². The van der Waals surface area contributed by atoms with Gasteiger partial charge in [0, 0.05) is 18.9 Å². The summed E-state index contributed by atoms with van der Waals surface area (Å²) in [5, 5.41) is 2.90. The Morgan fingerprint density at radius 2 is 1.69 bits per heavy atom. The van der Waals surface area contributed by atoms with Crippen LogP contribution in [-0.2, 0) is 27.1 Å². The van der Waals surface area contributed by atoms with Gasteiger partial charge < -0.3 is 14.6 Å². The van der Waals surface area contributed by atoms with Gasteiger partial charge in [-0.05, 0) is 29.3 Å². The maximum absolute atomic E-state index is 13.4. The number of benzene rings is 3. The van der Waals surface area contributed by atoms with Crippen molar-refractivity contribution in [2.45, 2.75) is 18.4 Å². The number of nitrogens with one attached hydrogen (secondary N) is 1. The topological polar surface area (TPSA) is 93.5 Å². The van der Waals surface area contributed by atoms with E-state index in [1.807, 2.05) is 41.1 Å². The molecule has 4 aromatic rings. The monoisotopic (exact) mass is 488 g/mol. The number of amides is 1. The predicted molar refractivity (Wildman–Crippen MR) is 133 cm³/mol. The standard InChI is InChI=1S/C26H24N4O4S/c31-26(28-16-21-10-4-5-11-22(21)29-15-14-27-19-29)25-17-30(23-12-6-7-13-24(23)34-25)35(32,33)18-20-8-2-1-3-9-20/h1-15,19,25H,16-18H2,(H,28,31)/t25-/m0/s1. The molecule has 9 heteroatoms. The number of sulfonamides is 1. The molecule has 3 aromatic carbocycles. The second-order valence-electron chi connectivity index (χ2n) is 8.16. The van der Waals surface area contributed by atoms with E-state index in [0.29, 0.717) is 17.0 Å². The van der Waals surface area contributed by atoms with Crippen molar-refractivity contribution >= 4 is 21.6 Å². The van der Waals surface area contributed by atoms with Crippen LogP contribution < -0.4 is 14.4 Å². The van der Waals surface area contributed by atoms with E-state index in [-0.39, 0.29) is 24.7 Å². The average molecular weight is 489 g/mol. The van der Waals surface area contributed by atoms with Crippen LogP contribution in [0.15, 0.2) is 97.6 Å². The van der Waals surface area contributed by atoms with Crippen LogP contribution in [0.2, 0.25) is 0 Å². The molecule has 0 radical (unpaired) electrons. The maximum atomic E-state index is 13.4. The summed E-state index contributed by atoms with van der Waals surface area (Å²) in [6, 6.07) is 23.5. The lowest BCUT2D eigenvalue weighted by Crippen LogP contribution is -2.50. The number of carbonyl (C=O) groups is 1. The van der Waals surface area contributed by atoms with Crippen LogP contribution in [0, 0.1) is 0 Å². The van der Waals surface area contributed by atoms with Crippen LogP contribution in [0.25, 0.3) is 5.69 Å². The van der Waals surface area contributed by atoms with Crippen LogP contribution in [0.4, 0.5) is 5.69 Å². The fourth-order valence-corrected chi connectivity index (χ4v) is 5.66. The molecular weight excluding hydrogens is 464 g/mol. The van der Waals surface area contributed by atoms with Gasteiger partial charge in [-0.3, -0.25) is 9.10 Å². The van der Waals surface area contributed by atoms with E-state index >= 15 is 0 Å². The van der Waals surface area contributed by atoms with Crippen LogP contribution in [0.1, 0.15) is 11.1 Å². The molecule has 1 atom stereocenters. The first-order chi connectivity index (χ1) is 17.0. The number of anilines is 1. The van der Waals surface area contributed by atoms with Gasteiger partial charge in [-0.25, -0.2) is 13.4 Å². The molecule has 0 spiro atoms. The van der Waals surface area contributed by atoms with Gasteiger partial charge in [-0.2, -0.15) is 0 Å². The molecule has 1 amide bonds. The Morgan fingerprint density at radius 1 is 0.971 bits per heavy atom. The quantitative estimate of drug-likeness (QED) is 0.431. The number of hydrogen-bond acceptors (Lipinski definition) is 5. The minimum Gasteiger partial charge on any atom is -0.476 e. The second kappa shape index (κ2) is 9.63. The van der Waals surface area contributed by atoms with E-state index in [0.717, 1.165) is 11.3 Å². The second-order valence-corrected chi connectivity index (χ2v) is 10.1. The van der Waals surface area contributed by atoms with Crippen LogP contribution in [0.3, 0.4) is 0 Å². The Balaban J connectivity index is 1.35. The van der Waals surface area contributed by atoms with Crippen molar-refractivity contribution in [2.75, 3.05) is 10.8 Å². The summed E-state index contributed by atoms with van der Waals surface area (Å²) in [4.78, 5) is 17.2. The van der Waals surface area contributed by atoms with Gasteiger partial charge in [0.2, 0.25) is 10.0 Å². The highest BCUT2D eigenvalue weighted by Crippen LogP contribution is 2.35. The maximum Gasteiger partial charge on any atom is 0.263 e. The molecule has 178 valence electrons. The zero-order chi connectivity index (χ0) is 24.3. The fraction of sp³-hybridized carbons (Fsp3) is 0.154. The number of imidazole rings is 1. The summed E-state index contributed by atoms with van der Waals surface area (Å²) in [5.41, 5.74) is 2.89. The molecule has 0 unspecified atom stereocenters. The van der Waals surface area contributed by atoms with Gasteiger partial charge in [-0.15, -0.1) is 0 Å². The summed E-state index contributed by atoms with van der Waals surface area (Å²) < 4.78 is 35.8. The molecule has 1 aliphatic heterocycles. The highest BCUT2D eigenvalue weighted by atomic mass is 32.2. The predicted octanol–water partition coefficient (Wildman–Crippen LogP) is 3.29. The molecular formula is C26H24N4O4S. The SMILES string of the molecule is O=C(NCc1ccccc1-n1ccnc1)[C@@H]1CN(S(=O)(=O)Cc2ccccc2)c2ccccc2O1. The molecule has 1 aromatic heterocycles. The van der Waals surface area contributed by atoms with Crippen molar-refractivity contribution in [1.29, 1.82) is 0 Å². The number of aromatic nitrogens is 2. The number of para-hydroxylation sites is 3. The Labute approximate surface area is 203 Å². The molecule has 0 saturated heterocycles. The Hall–Kier alpha value is -4.11. The molecule has 2 heterocycles. The van der Waals surface area contributed by atoms with E-state index in [9.17, 15) is 13.2 Å². The summed E-state index contributed by atoms with van der Waals surface area (Å²) in [5.74, 6) is -0.205. The molecule has 1 N–H and O–H groups in total. The van der Waals surface area contributed by atoms with Crippen LogP contribution in [-0.4, -0.2) is 36.5 Å². The molecule has 1 aliphatic rings. The number of ether oxygens (including phenoxy) is 1. The van der Waals surface area contributed by atoms with E-state index in [1.54, 1.807) is 61.1 Å². The Kier molecular flexibility index (Phi) is 6.24. The summed E-state index contributed by atoms with van der Waals surface area (Å²) in [7, 11) is -3.76. The minimum absolute atomic E-state index is 0.110. The normalized spacial score (nSPS) is 15.2. The van der Waals surface area contributed by atoms with Crippen molar-refractivity contribution in [3.8, 4) is 11.4 Å². The van der Waals surface area contributed by atoms with E-state index in [1.165, 1.54) is 4.31 Å². The lowest BCUT2D eigenvalue weighted by atomic mass is 10.1. The number of nitrogens with zero attached hydrogens (tertiary/aromatic N) is 3. The Bertz CT molecular complexity index is 1420. The minimum atomic E-state index is -3.76. The summed E-state index contributed by atoms with van der Waals surface area (Å²) in [6.07, 6.45) is 4.22. The van der Waals surface area contributed by atoms with Crippen molar-refractivity contribution in [2.24, 2.45) is 0 Å². The van der Waals surface area contributed by atoms with Gasteiger partial charge in [0.05, 0.1) is 30.0 Å². The third kappa shape index (κ3) is 4.90. The number of fused-ring (bicyclic) bond motifs is 1. The molecule has 0 fully saturated rings. The lowest BCUT2D eigenvalue weighted by Gasteiger charge is -2.34. The molecule has 0 saturated carbocycles. The van der Waals surface area contributed by atoms with E-state index < -0.39 is 16.1 Å². The molecule has 0 aliphatic carbocycles. The van der Waals surface area contributed by atoms with E-state index in [2.05, 4.69) is 10.3 Å². The number of carbonyl (C=O) groups excluding carboxylic acids is 1. The van der Waals surface area contributed by atoms with Gasteiger partial charge in [0.15, 0.2) is 6.10 Å². The highest BCUT2D eigenvalue weighted by molar-refractivity contribution is 7.92. The third-order valence-corrected chi connectivity index (χ3v) is 7.50. The van der Waals surface area contributed by atoms with Gasteiger partial charge in [0.25, 0.3) is 5.91 Å². The van der Waals surface area contributed by atoms with Gasteiger partial charge in [0.1, 0.15) is 5.75 Å². The largest absolute Gasteiger partial charge is 0.476 e. The first-order valence-corrected chi connectivity index (χ1v) is 12.8. The fourth-order valence-electron chi connectivity index (χ4n) is 4.07. The number of rotatable bonds is 7. The van der Waals surface area contributed by atoms with Gasteiger partial charge in [-0.1, -0.05) is 60.7 Å². The lowest BCUT2D eigenvalue weighted by molar-refractivity contribution is -0.127. The summed E-state index contributed by atoms with van der Waals surface area (Å²) >= 11 is 0. The molecule has 0 bridgehead atoms. The molecule has 35 heavy (non-hydrogen) atoms. The zero-order valence-electron chi connectivity index (χ0n) is 18.8. The van der Waals surface area contributed by atoms with Crippen LogP contribution in [0.5, 0.6) is 5.75 Å². The first kappa shape index (κ1) is 22.7. The summed E-state index contributed by atoms with van der Waals surface area (Å²) in [6.45, 7) is 0.145. The van der Waals surface area contributed by atoms with Crippen molar-refractivity contribution in [3.05, 3.63) is 109 Å². The smallest absolute Gasteiger partial charge is 0.263 e. The van der Waals surface area contributed by atoms with Crippen molar-refractivity contribution < 1.29 is 17.9 Å². The van der Waals surface area contributed by atoms with E-state index in [4.69, 9.17) is 4.74 Å². The molecule has 5 rings (SSSR count). The van der Waals surface area contributed by atoms with Crippen molar-refractivity contribution in [1.82, 2.24) is 14.9 Å². The average Bonchev–Trinajstić information content (AvgIpc) is 3.42. The number of hydrogen-bond donors (Lipinski definition) is 1. The third-order valence-electron chi connectivity index (χ3n) is 5.78. The first-order valence-electron chi connectivity index (χ1n) is 11.2.